The Hall–Kier alpha value is -2.89. The van der Waals surface area contributed by atoms with Crippen molar-refractivity contribution in [1.29, 1.82) is 0 Å². The van der Waals surface area contributed by atoms with Crippen LogP contribution in [-0.4, -0.2) is 38.9 Å². The van der Waals surface area contributed by atoms with Gasteiger partial charge in [-0.25, -0.2) is 4.98 Å². The van der Waals surface area contributed by atoms with E-state index in [2.05, 4.69) is 15.3 Å². The van der Waals surface area contributed by atoms with E-state index in [9.17, 15) is 4.79 Å². The molecule has 0 radical (unpaired) electrons. The van der Waals surface area contributed by atoms with Crippen molar-refractivity contribution in [3.8, 4) is 0 Å². The Balaban J connectivity index is 1.95. The molecular formula is C19H23N5O. The Morgan fingerprint density at radius 3 is 2.68 bits per heavy atom. The van der Waals surface area contributed by atoms with E-state index in [1.54, 1.807) is 17.3 Å². The smallest absolute Gasteiger partial charge is 0.242 e. The van der Waals surface area contributed by atoms with Gasteiger partial charge < -0.3 is 14.8 Å². The normalized spacial score (nSPS) is 10.9. The number of amides is 1. The summed E-state index contributed by atoms with van der Waals surface area (Å²) in [4.78, 5) is 22.8. The standard InChI is InChI=1S/C19H23N5O/c1-5-23(4)17(25)12-24-11-8-15-16(24)7-10-21-19(15)22-18-13(2)6-9-20-14(18)3/h6-11H,5,12H2,1-4H3,(H,21,22). The lowest BCUT2D eigenvalue weighted by atomic mass is 10.2. The van der Waals surface area contributed by atoms with Gasteiger partial charge in [-0.2, -0.15) is 0 Å². The van der Waals surface area contributed by atoms with Crippen molar-refractivity contribution in [2.24, 2.45) is 0 Å². The van der Waals surface area contributed by atoms with Crippen LogP contribution in [0.25, 0.3) is 10.9 Å². The van der Waals surface area contributed by atoms with E-state index in [0.717, 1.165) is 33.7 Å². The van der Waals surface area contributed by atoms with E-state index in [-0.39, 0.29) is 5.91 Å². The average molecular weight is 337 g/mol. The van der Waals surface area contributed by atoms with E-state index in [1.807, 2.05) is 56.8 Å². The van der Waals surface area contributed by atoms with Gasteiger partial charge in [0, 0.05) is 37.6 Å². The molecule has 0 saturated carbocycles. The first-order valence-corrected chi connectivity index (χ1v) is 8.38. The molecule has 3 heterocycles. The van der Waals surface area contributed by atoms with Crippen molar-refractivity contribution in [3.05, 3.63) is 48.0 Å². The number of likely N-dealkylation sites (N-methyl/N-ethyl adjacent to an activating group) is 1. The predicted molar refractivity (Wildman–Crippen MR) is 100 cm³/mol. The first kappa shape index (κ1) is 17.0. The van der Waals surface area contributed by atoms with E-state index < -0.39 is 0 Å². The maximum absolute atomic E-state index is 12.2. The van der Waals surface area contributed by atoms with Gasteiger partial charge in [-0.15, -0.1) is 0 Å². The van der Waals surface area contributed by atoms with Gasteiger partial charge in [-0.1, -0.05) is 0 Å². The van der Waals surface area contributed by atoms with E-state index in [4.69, 9.17) is 0 Å². The molecule has 6 nitrogen and oxygen atoms in total. The zero-order valence-corrected chi connectivity index (χ0v) is 15.1. The molecule has 130 valence electrons. The molecular weight excluding hydrogens is 314 g/mol. The maximum atomic E-state index is 12.2. The molecule has 0 aliphatic rings. The molecule has 0 aromatic carbocycles. The topological polar surface area (TPSA) is 63.1 Å². The number of hydrogen-bond acceptors (Lipinski definition) is 4. The highest BCUT2D eigenvalue weighted by Gasteiger charge is 2.13. The average Bonchev–Trinajstić information content (AvgIpc) is 3.01. The summed E-state index contributed by atoms with van der Waals surface area (Å²) < 4.78 is 1.96. The largest absolute Gasteiger partial charge is 0.344 e. The summed E-state index contributed by atoms with van der Waals surface area (Å²) in [5, 5.41) is 4.39. The molecule has 0 saturated heterocycles. The van der Waals surface area contributed by atoms with Gasteiger partial charge in [0.25, 0.3) is 0 Å². The maximum Gasteiger partial charge on any atom is 0.242 e. The highest BCUT2D eigenvalue weighted by Crippen LogP contribution is 2.28. The van der Waals surface area contributed by atoms with Crippen LogP contribution in [-0.2, 0) is 11.3 Å². The summed E-state index contributed by atoms with van der Waals surface area (Å²) >= 11 is 0. The van der Waals surface area contributed by atoms with Crippen molar-refractivity contribution in [2.75, 3.05) is 18.9 Å². The highest BCUT2D eigenvalue weighted by molar-refractivity contribution is 5.93. The fourth-order valence-corrected chi connectivity index (χ4v) is 2.80. The second-order valence-electron chi connectivity index (χ2n) is 6.16. The number of hydrogen-bond donors (Lipinski definition) is 1. The first-order valence-electron chi connectivity index (χ1n) is 8.38. The molecule has 0 unspecified atom stereocenters. The highest BCUT2D eigenvalue weighted by atomic mass is 16.2. The van der Waals surface area contributed by atoms with Crippen molar-refractivity contribution in [1.82, 2.24) is 19.4 Å². The number of fused-ring (bicyclic) bond motifs is 1. The van der Waals surface area contributed by atoms with E-state index >= 15 is 0 Å². The Morgan fingerprint density at radius 2 is 1.96 bits per heavy atom. The summed E-state index contributed by atoms with van der Waals surface area (Å²) in [6.07, 6.45) is 5.49. The van der Waals surface area contributed by atoms with E-state index in [1.165, 1.54) is 0 Å². The number of aromatic nitrogens is 3. The van der Waals surface area contributed by atoms with Gasteiger partial charge in [0.2, 0.25) is 5.91 Å². The number of carbonyl (C=O) groups is 1. The van der Waals surface area contributed by atoms with Crippen molar-refractivity contribution in [2.45, 2.75) is 27.3 Å². The molecule has 3 aromatic rings. The molecule has 25 heavy (non-hydrogen) atoms. The minimum Gasteiger partial charge on any atom is -0.344 e. The van der Waals surface area contributed by atoms with Gasteiger partial charge in [0.15, 0.2) is 0 Å². The minimum atomic E-state index is 0.0882. The predicted octanol–water partition coefficient (Wildman–Crippen LogP) is 3.27. The molecule has 1 N–H and O–H groups in total. The summed E-state index contributed by atoms with van der Waals surface area (Å²) in [5.74, 6) is 0.858. The third kappa shape index (κ3) is 3.33. The van der Waals surface area contributed by atoms with Crippen LogP contribution in [0.15, 0.2) is 36.8 Å². The van der Waals surface area contributed by atoms with Crippen LogP contribution < -0.4 is 5.32 Å². The number of aryl methyl sites for hydroxylation is 2. The molecule has 6 heteroatoms. The second-order valence-corrected chi connectivity index (χ2v) is 6.16. The van der Waals surface area contributed by atoms with Crippen molar-refractivity contribution >= 4 is 28.3 Å². The zero-order chi connectivity index (χ0) is 18.0. The Labute approximate surface area is 147 Å². The van der Waals surface area contributed by atoms with Crippen LogP contribution >= 0.6 is 0 Å². The summed E-state index contributed by atoms with van der Waals surface area (Å²) in [6.45, 7) is 7.01. The van der Waals surface area contributed by atoms with Crippen LogP contribution in [0.4, 0.5) is 11.5 Å². The van der Waals surface area contributed by atoms with Gasteiger partial charge in [-0.3, -0.25) is 9.78 Å². The SMILES string of the molecule is CCN(C)C(=O)Cn1ccc2c(Nc3c(C)ccnc3C)nccc21. The summed E-state index contributed by atoms with van der Waals surface area (Å²) in [7, 11) is 1.82. The Morgan fingerprint density at radius 1 is 1.20 bits per heavy atom. The number of nitrogens with one attached hydrogen (secondary N) is 1. The lowest BCUT2D eigenvalue weighted by Gasteiger charge is -2.15. The van der Waals surface area contributed by atoms with Crippen LogP contribution in [0.1, 0.15) is 18.2 Å². The molecule has 3 aromatic heterocycles. The number of nitrogens with zero attached hydrogens (tertiary/aromatic N) is 4. The van der Waals surface area contributed by atoms with Gasteiger partial charge in [0.05, 0.1) is 16.9 Å². The third-order valence-corrected chi connectivity index (χ3v) is 4.50. The van der Waals surface area contributed by atoms with Gasteiger partial charge in [0.1, 0.15) is 12.4 Å². The second kappa shape index (κ2) is 6.93. The Kier molecular flexibility index (Phi) is 4.70. The van der Waals surface area contributed by atoms with Crippen LogP contribution in [0.5, 0.6) is 0 Å². The minimum absolute atomic E-state index is 0.0882. The molecule has 0 aliphatic carbocycles. The van der Waals surface area contributed by atoms with Crippen LogP contribution in [0.3, 0.4) is 0 Å². The lowest BCUT2D eigenvalue weighted by Crippen LogP contribution is -2.29. The molecule has 1 amide bonds. The Bertz CT molecular complexity index is 895. The first-order chi connectivity index (χ1) is 12.0. The molecule has 0 fully saturated rings. The number of pyridine rings is 2. The van der Waals surface area contributed by atoms with Crippen molar-refractivity contribution < 1.29 is 4.79 Å². The third-order valence-electron chi connectivity index (χ3n) is 4.50. The quantitative estimate of drug-likeness (QED) is 0.776. The van der Waals surface area contributed by atoms with Gasteiger partial charge in [-0.05, 0) is 44.5 Å². The van der Waals surface area contributed by atoms with Crippen molar-refractivity contribution in [3.63, 3.8) is 0 Å². The van der Waals surface area contributed by atoms with Crippen LogP contribution in [0, 0.1) is 13.8 Å². The molecule has 0 spiro atoms. The van der Waals surface area contributed by atoms with E-state index in [0.29, 0.717) is 13.1 Å². The molecule has 3 rings (SSSR count). The zero-order valence-electron chi connectivity index (χ0n) is 15.1. The fourth-order valence-electron chi connectivity index (χ4n) is 2.80. The summed E-state index contributed by atoms with van der Waals surface area (Å²) in [6, 6.07) is 5.90. The fraction of sp³-hybridized carbons (Fsp3) is 0.316. The number of anilines is 2. The molecule has 0 aliphatic heterocycles. The molecule has 0 atom stereocenters. The van der Waals surface area contributed by atoms with Gasteiger partial charge >= 0.3 is 0 Å². The lowest BCUT2D eigenvalue weighted by molar-refractivity contribution is -0.130. The monoisotopic (exact) mass is 337 g/mol. The number of rotatable bonds is 5. The summed E-state index contributed by atoms with van der Waals surface area (Å²) in [5.41, 5.74) is 4.00. The number of carbonyl (C=O) groups excluding carboxylic acids is 1. The van der Waals surface area contributed by atoms with Crippen LogP contribution in [0.2, 0.25) is 0 Å². The molecule has 0 bridgehead atoms.